The first kappa shape index (κ1) is 19.4. The van der Waals surface area contributed by atoms with Crippen LogP contribution in [0.4, 0.5) is 0 Å². The molecule has 6 heteroatoms. The molecular formula is C19H28Cl2N2O2. The van der Waals surface area contributed by atoms with Crippen molar-refractivity contribution in [3.8, 4) is 0 Å². The normalized spacial score (nSPS) is 23.3. The molecule has 1 unspecified atom stereocenters. The Labute approximate surface area is 160 Å². The lowest BCUT2D eigenvalue weighted by Crippen LogP contribution is -2.41. The van der Waals surface area contributed by atoms with E-state index in [1.54, 1.807) is 0 Å². The third-order valence-corrected chi connectivity index (χ3v) is 5.57. The zero-order valence-corrected chi connectivity index (χ0v) is 16.7. The maximum absolute atomic E-state index is 6.18. The summed E-state index contributed by atoms with van der Waals surface area (Å²) in [6.45, 7) is 11.2. The van der Waals surface area contributed by atoms with Crippen LogP contribution in [0.25, 0.3) is 0 Å². The van der Waals surface area contributed by atoms with Gasteiger partial charge in [0.15, 0.2) is 0 Å². The topological polar surface area (TPSA) is 24.9 Å². The average molecular weight is 387 g/mol. The van der Waals surface area contributed by atoms with Gasteiger partial charge >= 0.3 is 0 Å². The molecule has 0 aromatic heterocycles. The Morgan fingerprint density at radius 3 is 2.60 bits per heavy atom. The van der Waals surface area contributed by atoms with Crippen LogP contribution in [0.15, 0.2) is 18.2 Å². The van der Waals surface area contributed by atoms with Crippen molar-refractivity contribution in [1.82, 2.24) is 9.96 Å². The molecule has 1 aromatic carbocycles. The molecule has 140 valence electrons. The summed E-state index contributed by atoms with van der Waals surface area (Å²) in [5.74, 6) is 0. The van der Waals surface area contributed by atoms with Gasteiger partial charge in [-0.1, -0.05) is 43.1 Å². The van der Waals surface area contributed by atoms with Gasteiger partial charge in [0.05, 0.1) is 29.4 Å². The minimum atomic E-state index is 0.102. The molecule has 1 aromatic rings. The Bertz CT molecular complexity index is 577. The zero-order valence-electron chi connectivity index (χ0n) is 15.1. The number of nitrogens with zero attached hydrogens (tertiary/aromatic N) is 2. The van der Waals surface area contributed by atoms with Crippen LogP contribution in [0.1, 0.15) is 25.8 Å². The van der Waals surface area contributed by atoms with Crippen LogP contribution < -0.4 is 0 Å². The van der Waals surface area contributed by atoms with Crippen molar-refractivity contribution in [3.05, 3.63) is 33.8 Å². The van der Waals surface area contributed by atoms with Crippen LogP contribution in [0.2, 0.25) is 10.0 Å². The van der Waals surface area contributed by atoms with Crippen molar-refractivity contribution in [2.45, 2.75) is 32.8 Å². The summed E-state index contributed by atoms with van der Waals surface area (Å²) in [5, 5.41) is 3.37. The lowest BCUT2D eigenvalue weighted by atomic mass is 9.85. The summed E-state index contributed by atoms with van der Waals surface area (Å²) in [7, 11) is 0. The minimum absolute atomic E-state index is 0.102. The van der Waals surface area contributed by atoms with Crippen molar-refractivity contribution < 1.29 is 9.57 Å². The maximum Gasteiger partial charge on any atom is 0.0932 e. The van der Waals surface area contributed by atoms with E-state index in [-0.39, 0.29) is 5.41 Å². The summed E-state index contributed by atoms with van der Waals surface area (Å²) in [5.41, 5.74) is 1.31. The Kier molecular flexibility index (Phi) is 6.64. The second-order valence-corrected chi connectivity index (χ2v) is 8.70. The van der Waals surface area contributed by atoms with E-state index in [4.69, 9.17) is 32.8 Å². The smallest absolute Gasteiger partial charge is 0.0932 e. The van der Waals surface area contributed by atoms with Gasteiger partial charge in [-0.2, -0.15) is 5.06 Å². The number of hydroxylamine groups is 2. The SMILES string of the molecule is CC(C)(Cc1ccc(Cl)c(Cl)c1)CN1CCC(CN2CCOCC2)O1. The molecule has 4 nitrogen and oxygen atoms in total. The second-order valence-electron chi connectivity index (χ2n) is 7.88. The highest BCUT2D eigenvalue weighted by Crippen LogP contribution is 2.29. The highest BCUT2D eigenvalue weighted by Gasteiger charge is 2.30. The quantitative estimate of drug-likeness (QED) is 0.739. The predicted molar refractivity (Wildman–Crippen MR) is 102 cm³/mol. The van der Waals surface area contributed by atoms with Gasteiger partial charge in [0, 0.05) is 32.7 Å². The number of benzene rings is 1. The monoisotopic (exact) mass is 386 g/mol. The summed E-state index contributed by atoms with van der Waals surface area (Å²) < 4.78 is 5.41. The molecule has 3 rings (SSSR count). The van der Waals surface area contributed by atoms with Gasteiger partial charge < -0.3 is 4.74 Å². The first-order chi connectivity index (χ1) is 11.9. The molecule has 0 bridgehead atoms. The number of rotatable bonds is 6. The second kappa shape index (κ2) is 8.55. The van der Waals surface area contributed by atoms with Crippen LogP contribution >= 0.6 is 23.2 Å². The van der Waals surface area contributed by atoms with Crippen LogP contribution in [0.5, 0.6) is 0 Å². The lowest BCUT2D eigenvalue weighted by Gasteiger charge is -2.31. The van der Waals surface area contributed by atoms with Gasteiger partial charge in [0.25, 0.3) is 0 Å². The maximum atomic E-state index is 6.18. The standard InChI is InChI=1S/C19H28Cl2N2O2/c1-19(2,12-15-3-4-17(20)18(21)11-15)14-23-6-5-16(25-23)13-22-7-9-24-10-8-22/h3-4,11,16H,5-10,12-14H2,1-2H3. The number of halogens is 2. The molecule has 0 amide bonds. The molecule has 2 aliphatic heterocycles. The largest absolute Gasteiger partial charge is 0.379 e. The van der Waals surface area contributed by atoms with E-state index in [2.05, 4.69) is 29.9 Å². The van der Waals surface area contributed by atoms with Crippen LogP contribution in [-0.2, 0) is 16.0 Å². The van der Waals surface area contributed by atoms with Gasteiger partial charge in [-0.25, -0.2) is 0 Å². The molecule has 0 N–H and O–H groups in total. The van der Waals surface area contributed by atoms with E-state index in [1.807, 2.05) is 12.1 Å². The van der Waals surface area contributed by atoms with Gasteiger partial charge in [0.1, 0.15) is 0 Å². The highest BCUT2D eigenvalue weighted by molar-refractivity contribution is 6.42. The van der Waals surface area contributed by atoms with E-state index in [1.165, 1.54) is 5.56 Å². The van der Waals surface area contributed by atoms with E-state index in [0.717, 1.165) is 58.8 Å². The Morgan fingerprint density at radius 1 is 1.12 bits per heavy atom. The molecule has 2 aliphatic rings. The fourth-order valence-corrected chi connectivity index (χ4v) is 3.97. The number of hydrogen-bond acceptors (Lipinski definition) is 4. The molecule has 2 heterocycles. The number of hydrogen-bond donors (Lipinski definition) is 0. The Balaban J connectivity index is 1.48. The molecule has 0 saturated carbocycles. The van der Waals surface area contributed by atoms with Gasteiger partial charge in [-0.15, -0.1) is 0 Å². The van der Waals surface area contributed by atoms with Crippen molar-refractivity contribution in [3.63, 3.8) is 0 Å². The predicted octanol–water partition coefficient (Wildman–Crippen LogP) is 3.90. The van der Waals surface area contributed by atoms with Crippen molar-refractivity contribution in [1.29, 1.82) is 0 Å². The summed E-state index contributed by atoms with van der Waals surface area (Å²) >= 11 is 12.2. The molecule has 0 radical (unpaired) electrons. The molecule has 1 atom stereocenters. The zero-order chi connectivity index (χ0) is 17.9. The third kappa shape index (κ3) is 5.81. The average Bonchev–Trinajstić information content (AvgIpc) is 2.97. The van der Waals surface area contributed by atoms with Crippen LogP contribution in [0, 0.1) is 5.41 Å². The highest BCUT2D eigenvalue weighted by atomic mass is 35.5. The van der Waals surface area contributed by atoms with Gasteiger partial charge in [-0.3, -0.25) is 9.74 Å². The summed E-state index contributed by atoms with van der Waals surface area (Å²) in [6.07, 6.45) is 2.34. The molecule has 25 heavy (non-hydrogen) atoms. The van der Waals surface area contributed by atoms with Gasteiger partial charge in [-0.05, 0) is 36.0 Å². The first-order valence-electron chi connectivity index (χ1n) is 9.07. The summed E-state index contributed by atoms with van der Waals surface area (Å²) in [6, 6.07) is 5.90. The van der Waals surface area contributed by atoms with Crippen molar-refractivity contribution >= 4 is 23.2 Å². The molecule has 2 saturated heterocycles. The number of morpholine rings is 1. The van der Waals surface area contributed by atoms with E-state index in [9.17, 15) is 0 Å². The van der Waals surface area contributed by atoms with Crippen molar-refractivity contribution in [2.75, 3.05) is 45.9 Å². The fourth-order valence-electron chi connectivity index (χ4n) is 3.65. The minimum Gasteiger partial charge on any atom is -0.379 e. The first-order valence-corrected chi connectivity index (χ1v) is 9.83. The van der Waals surface area contributed by atoms with Gasteiger partial charge in [0.2, 0.25) is 0 Å². The Morgan fingerprint density at radius 2 is 1.88 bits per heavy atom. The third-order valence-electron chi connectivity index (χ3n) is 4.84. The van der Waals surface area contributed by atoms with E-state index >= 15 is 0 Å². The van der Waals surface area contributed by atoms with Crippen LogP contribution in [-0.4, -0.2) is 62.0 Å². The fraction of sp³-hybridized carbons (Fsp3) is 0.684. The Hall–Kier alpha value is -0.360. The van der Waals surface area contributed by atoms with Crippen LogP contribution in [0.3, 0.4) is 0 Å². The lowest BCUT2D eigenvalue weighted by molar-refractivity contribution is -0.166. The molecule has 2 fully saturated rings. The van der Waals surface area contributed by atoms with Crippen molar-refractivity contribution in [2.24, 2.45) is 5.41 Å². The molecule has 0 spiro atoms. The molecule has 0 aliphatic carbocycles. The molecular weight excluding hydrogens is 359 g/mol. The van der Waals surface area contributed by atoms with E-state index < -0.39 is 0 Å². The number of ether oxygens (including phenoxy) is 1. The summed E-state index contributed by atoms with van der Waals surface area (Å²) in [4.78, 5) is 8.63. The van der Waals surface area contributed by atoms with E-state index in [0.29, 0.717) is 16.1 Å².